The van der Waals surface area contributed by atoms with Gasteiger partial charge < -0.3 is 0 Å². The van der Waals surface area contributed by atoms with E-state index in [9.17, 15) is 0 Å². The molecule has 0 aliphatic heterocycles. The third kappa shape index (κ3) is 1.88. The van der Waals surface area contributed by atoms with Crippen LogP contribution in [0.15, 0.2) is 0 Å². The minimum Gasteiger partial charge on any atom is -0.123 e. The molecule has 0 amide bonds. The highest BCUT2D eigenvalue weighted by atomic mass is 35.5. The van der Waals surface area contributed by atoms with Crippen molar-refractivity contribution in [3.8, 4) is 0 Å². The lowest BCUT2D eigenvalue weighted by atomic mass is 9.80. The van der Waals surface area contributed by atoms with Crippen molar-refractivity contribution >= 4 is 11.6 Å². The van der Waals surface area contributed by atoms with E-state index in [1.807, 2.05) is 0 Å². The van der Waals surface area contributed by atoms with E-state index in [-0.39, 0.29) is 0 Å². The molecule has 2 atom stereocenters. The second-order valence-electron chi connectivity index (χ2n) is 4.47. The second kappa shape index (κ2) is 2.73. The molecule has 60 valence electrons. The van der Waals surface area contributed by atoms with Gasteiger partial charge in [0, 0.05) is 5.38 Å². The average Bonchev–Trinajstić information content (AvgIpc) is 2.11. The monoisotopic (exact) mass is 160 g/mol. The summed E-state index contributed by atoms with van der Waals surface area (Å²) in [6, 6.07) is 0. The zero-order valence-electron chi connectivity index (χ0n) is 7.15. The third-order valence-electron chi connectivity index (χ3n) is 2.59. The van der Waals surface area contributed by atoms with Gasteiger partial charge in [0.15, 0.2) is 0 Å². The molecule has 1 fully saturated rings. The molecule has 1 saturated carbocycles. The molecule has 0 bridgehead atoms. The summed E-state index contributed by atoms with van der Waals surface area (Å²) in [5.41, 5.74) is 0.476. The Kier molecular flexibility index (Phi) is 2.29. The maximum absolute atomic E-state index is 6.01. The summed E-state index contributed by atoms with van der Waals surface area (Å²) in [5, 5.41) is 0.462. The van der Waals surface area contributed by atoms with Gasteiger partial charge in [-0.05, 0) is 30.6 Å². The predicted octanol–water partition coefficient (Wildman–Crippen LogP) is 3.44. The molecule has 0 heterocycles. The van der Waals surface area contributed by atoms with Crippen LogP contribution in [0.1, 0.15) is 40.0 Å². The van der Waals surface area contributed by atoms with E-state index in [0.29, 0.717) is 10.8 Å². The van der Waals surface area contributed by atoms with Gasteiger partial charge >= 0.3 is 0 Å². The molecular formula is C9H17Cl. The van der Waals surface area contributed by atoms with Crippen molar-refractivity contribution < 1.29 is 0 Å². The van der Waals surface area contributed by atoms with Gasteiger partial charge in [0.05, 0.1) is 0 Å². The molecule has 0 aromatic heterocycles. The quantitative estimate of drug-likeness (QED) is 0.477. The Labute approximate surface area is 69.0 Å². The first kappa shape index (κ1) is 8.39. The van der Waals surface area contributed by atoms with Crippen molar-refractivity contribution in [1.82, 2.24) is 0 Å². The number of halogens is 1. The summed E-state index contributed by atoms with van der Waals surface area (Å²) in [7, 11) is 0. The van der Waals surface area contributed by atoms with Crippen LogP contribution in [0.25, 0.3) is 0 Å². The molecule has 0 aromatic rings. The summed E-state index contributed by atoms with van der Waals surface area (Å²) in [4.78, 5) is 0. The fourth-order valence-corrected chi connectivity index (χ4v) is 2.05. The van der Waals surface area contributed by atoms with Crippen molar-refractivity contribution in [2.24, 2.45) is 11.3 Å². The van der Waals surface area contributed by atoms with Crippen molar-refractivity contribution in [3.05, 3.63) is 0 Å². The van der Waals surface area contributed by atoms with Gasteiger partial charge in [0.2, 0.25) is 0 Å². The van der Waals surface area contributed by atoms with Crippen LogP contribution in [0.5, 0.6) is 0 Å². The molecule has 1 aliphatic carbocycles. The van der Waals surface area contributed by atoms with Crippen molar-refractivity contribution in [2.45, 2.75) is 45.4 Å². The van der Waals surface area contributed by atoms with E-state index in [1.54, 1.807) is 0 Å². The summed E-state index contributed by atoms with van der Waals surface area (Å²) < 4.78 is 0. The van der Waals surface area contributed by atoms with Crippen LogP contribution in [0.4, 0.5) is 0 Å². The maximum atomic E-state index is 6.01. The number of alkyl halides is 1. The Bertz CT molecular complexity index is 112. The maximum Gasteiger partial charge on any atom is 0.0339 e. The highest BCUT2D eigenvalue weighted by molar-refractivity contribution is 6.20. The third-order valence-corrected chi connectivity index (χ3v) is 2.99. The van der Waals surface area contributed by atoms with Crippen LogP contribution in [-0.2, 0) is 0 Å². The molecule has 1 aliphatic rings. The van der Waals surface area contributed by atoms with Gasteiger partial charge in [-0.3, -0.25) is 0 Å². The largest absolute Gasteiger partial charge is 0.123 e. The molecule has 0 radical (unpaired) electrons. The van der Waals surface area contributed by atoms with Crippen molar-refractivity contribution in [2.75, 3.05) is 0 Å². The molecule has 10 heavy (non-hydrogen) atoms. The Hall–Kier alpha value is 0.290. The molecule has 0 saturated heterocycles. The van der Waals surface area contributed by atoms with E-state index in [2.05, 4.69) is 20.8 Å². The molecule has 0 spiro atoms. The van der Waals surface area contributed by atoms with Crippen LogP contribution in [0.2, 0.25) is 0 Å². The smallest absolute Gasteiger partial charge is 0.0339 e. The summed E-state index contributed by atoms with van der Waals surface area (Å²) >= 11 is 6.01. The Balaban J connectivity index is 2.45. The standard InChI is InChI=1S/C9H17Cl/c1-9(2,3)7-4-5-8(10)6-7/h7-8H,4-6H2,1-3H3. The molecule has 1 rings (SSSR count). The SMILES string of the molecule is CC(C)(C)C1CCC(Cl)C1. The van der Waals surface area contributed by atoms with E-state index < -0.39 is 0 Å². The Morgan fingerprint density at radius 3 is 2.00 bits per heavy atom. The minimum absolute atomic E-state index is 0.462. The average molecular weight is 161 g/mol. The van der Waals surface area contributed by atoms with Crippen LogP contribution >= 0.6 is 11.6 Å². The number of rotatable bonds is 0. The molecule has 0 aromatic carbocycles. The molecule has 2 unspecified atom stereocenters. The lowest BCUT2D eigenvalue weighted by Crippen LogP contribution is -2.17. The molecule has 0 nitrogen and oxygen atoms in total. The highest BCUT2D eigenvalue weighted by Gasteiger charge is 2.31. The summed E-state index contributed by atoms with van der Waals surface area (Å²) in [5.74, 6) is 0.856. The lowest BCUT2D eigenvalue weighted by molar-refractivity contribution is 0.246. The van der Waals surface area contributed by atoms with Gasteiger partial charge in [0.1, 0.15) is 0 Å². The molecular weight excluding hydrogens is 144 g/mol. The number of hydrogen-bond donors (Lipinski definition) is 0. The van der Waals surface area contributed by atoms with E-state index in [0.717, 1.165) is 5.92 Å². The Morgan fingerprint density at radius 1 is 1.20 bits per heavy atom. The lowest BCUT2D eigenvalue weighted by Gasteiger charge is -2.26. The van der Waals surface area contributed by atoms with Gasteiger partial charge in [-0.15, -0.1) is 11.6 Å². The van der Waals surface area contributed by atoms with Crippen molar-refractivity contribution in [1.29, 1.82) is 0 Å². The van der Waals surface area contributed by atoms with Crippen molar-refractivity contribution in [3.63, 3.8) is 0 Å². The summed E-state index contributed by atoms with van der Waals surface area (Å²) in [6.45, 7) is 6.94. The van der Waals surface area contributed by atoms with E-state index >= 15 is 0 Å². The van der Waals surface area contributed by atoms with Crippen LogP contribution in [-0.4, -0.2) is 5.38 Å². The van der Waals surface area contributed by atoms with E-state index in [1.165, 1.54) is 19.3 Å². The van der Waals surface area contributed by atoms with Gasteiger partial charge in [-0.1, -0.05) is 20.8 Å². The first-order valence-electron chi connectivity index (χ1n) is 4.14. The minimum atomic E-state index is 0.462. The predicted molar refractivity (Wildman–Crippen MR) is 46.4 cm³/mol. The van der Waals surface area contributed by atoms with Gasteiger partial charge in [-0.2, -0.15) is 0 Å². The first-order valence-corrected chi connectivity index (χ1v) is 4.58. The topological polar surface area (TPSA) is 0 Å². The highest BCUT2D eigenvalue weighted by Crippen LogP contribution is 2.40. The van der Waals surface area contributed by atoms with Crippen LogP contribution in [0, 0.1) is 11.3 Å². The normalized spacial score (nSPS) is 34.8. The fraction of sp³-hybridized carbons (Fsp3) is 1.00. The molecule has 0 N–H and O–H groups in total. The number of hydrogen-bond acceptors (Lipinski definition) is 0. The van der Waals surface area contributed by atoms with Gasteiger partial charge in [-0.25, -0.2) is 0 Å². The van der Waals surface area contributed by atoms with Gasteiger partial charge in [0.25, 0.3) is 0 Å². The Morgan fingerprint density at radius 2 is 1.80 bits per heavy atom. The van der Waals surface area contributed by atoms with Crippen LogP contribution < -0.4 is 0 Å². The van der Waals surface area contributed by atoms with E-state index in [4.69, 9.17) is 11.6 Å². The van der Waals surface area contributed by atoms with Crippen LogP contribution in [0.3, 0.4) is 0 Å². The first-order chi connectivity index (χ1) is 4.50. The molecule has 1 heteroatoms. The summed E-state index contributed by atoms with van der Waals surface area (Å²) in [6.07, 6.45) is 3.78. The zero-order chi connectivity index (χ0) is 7.78. The zero-order valence-corrected chi connectivity index (χ0v) is 7.91. The second-order valence-corrected chi connectivity index (χ2v) is 5.09. The fourth-order valence-electron chi connectivity index (χ4n) is 1.71.